The SMILES string of the molecule is CCOc1cc(/C=C2/SC(=Nc3ccc([N+](=O)[O-])cc3Cl)NC2=O)ccc1OS(=O)(=O)c1ccc(C)cc1. The third-order valence-corrected chi connectivity index (χ3v) is 7.55. The zero-order valence-electron chi connectivity index (χ0n) is 20.0. The van der Waals surface area contributed by atoms with E-state index >= 15 is 0 Å². The summed E-state index contributed by atoms with van der Waals surface area (Å²) in [6.07, 6.45) is 1.58. The number of benzene rings is 3. The molecule has 196 valence electrons. The fourth-order valence-corrected chi connectivity index (χ4v) is 5.26. The number of amides is 1. The van der Waals surface area contributed by atoms with Crippen LogP contribution in [0.5, 0.6) is 11.5 Å². The van der Waals surface area contributed by atoms with Crippen molar-refractivity contribution in [1.29, 1.82) is 0 Å². The van der Waals surface area contributed by atoms with Crippen molar-refractivity contribution in [2.45, 2.75) is 18.7 Å². The Balaban J connectivity index is 1.57. The lowest BCUT2D eigenvalue weighted by Crippen LogP contribution is -2.19. The molecule has 0 atom stereocenters. The van der Waals surface area contributed by atoms with Crippen LogP contribution in [0.4, 0.5) is 11.4 Å². The van der Waals surface area contributed by atoms with Crippen LogP contribution in [0.25, 0.3) is 6.08 Å². The number of nitrogens with one attached hydrogen (secondary N) is 1. The summed E-state index contributed by atoms with van der Waals surface area (Å²) < 4.78 is 36.4. The lowest BCUT2D eigenvalue weighted by Gasteiger charge is -2.13. The number of thioether (sulfide) groups is 1. The molecule has 1 amide bonds. The van der Waals surface area contributed by atoms with E-state index in [1.807, 2.05) is 6.92 Å². The maximum atomic E-state index is 12.7. The number of hydrogen-bond donors (Lipinski definition) is 1. The molecule has 1 aliphatic heterocycles. The van der Waals surface area contributed by atoms with E-state index < -0.39 is 20.9 Å². The van der Waals surface area contributed by atoms with Crippen LogP contribution in [0.1, 0.15) is 18.1 Å². The van der Waals surface area contributed by atoms with E-state index in [4.69, 9.17) is 20.5 Å². The van der Waals surface area contributed by atoms with Gasteiger partial charge in [-0.05, 0) is 67.6 Å². The van der Waals surface area contributed by atoms with Crippen molar-refractivity contribution in [2.24, 2.45) is 4.99 Å². The molecule has 0 bridgehead atoms. The summed E-state index contributed by atoms with van der Waals surface area (Å²) in [5.41, 5.74) is 1.55. The van der Waals surface area contributed by atoms with E-state index in [2.05, 4.69) is 10.3 Å². The molecule has 0 saturated carbocycles. The van der Waals surface area contributed by atoms with E-state index in [0.29, 0.717) is 10.5 Å². The van der Waals surface area contributed by atoms with Crippen LogP contribution in [-0.2, 0) is 14.9 Å². The number of nitro groups is 1. The number of nitro benzene ring substituents is 1. The van der Waals surface area contributed by atoms with Crippen molar-refractivity contribution in [2.75, 3.05) is 6.61 Å². The van der Waals surface area contributed by atoms with Gasteiger partial charge >= 0.3 is 10.1 Å². The highest BCUT2D eigenvalue weighted by Gasteiger charge is 2.25. The van der Waals surface area contributed by atoms with Crippen molar-refractivity contribution in [3.63, 3.8) is 0 Å². The van der Waals surface area contributed by atoms with Crippen LogP contribution < -0.4 is 14.2 Å². The summed E-state index contributed by atoms with van der Waals surface area (Å²) in [4.78, 5) is 27.4. The largest absolute Gasteiger partial charge is 0.490 e. The molecule has 3 aromatic carbocycles. The first-order chi connectivity index (χ1) is 18.1. The van der Waals surface area contributed by atoms with Gasteiger partial charge in [0.1, 0.15) is 4.90 Å². The molecule has 1 N–H and O–H groups in total. The van der Waals surface area contributed by atoms with E-state index in [0.717, 1.165) is 17.3 Å². The summed E-state index contributed by atoms with van der Waals surface area (Å²) in [6, 6.07) is 14.7. The zero-order valence-corrected chi connectivity index (χ0v) is 22.4. The number of carbonyl (C=O) groups is 1. The summed E-state index contributed by atoms with van der Waals surface area (Å²) in [5, 5.41) is 13.8. The first-order valence-electron chi connectivity index (χ1n) is 11.1. The molecule has 0 unspecified atom stereocenters. The Morgan fingerprint density at radius 3 is 2.50 bits per heavy atom. The maximum Gasteiger partial charge on any atom is 0.339 e. The van der Waals surface area contributed by atoms with E-state index in [1.54, 1.807) is 37.3 Å². The molecular formula is C25H20ClN3O7S2. The number of aryl methyl sites for hydroxylation is 1. The van der Waals surface area contributed by atoms with Gasteiger partial charge in [-0.3, -0.25) is 14.9 Å². The molecule has 4 rings (SSSR count). The second-order valence-corrected chi connectivity index (χ2v) is 10.8. The van der Waals surface area contributed by atoms with Crippen molar-refractivity contribution in [1.82, 2.24) is 5.32 Å². The van der Waals surface area contributed by atoms with Gasteiger partial charge in [-0.2, -0.15) is 8.42 Å². The maximum absolute atomic E-state index is 12.7. The van der Waals surface area contributed by atoms with Gasteiger partial charge in [-0.25, -0.2) is 4.99 Å². The summed E-state index contributed by atoms with van der Waals surface area (Å²) >= 11 is 7.14. The topological polar surface area (TPSA) is 137 Å². The lowest BCUT2D eigenvalue weighted by molar-refractivity contribution is -0.384. The molecule has 0 aromatic heterocycles. The van der Waals surface area contributed by atoms with E-state index in [1.165, 1.54) is 36.4 Å². The van der Waals surface area contributed by atoms with Gasteiger partial charge in [0.2, 0.25) is 0 Å². The van der Waals surface area contributed by atoms with Gasteiger partial charge in [0.25, 0.3) is 11.6 Å². The van der Waals surface area contributed by atoms with Crippen LogP contribution in [0.3, 0.4) is 0 Å². The molecule has 1 aliphatic rings. The van der Waals surface area contributed by atoms with E-state index in [9.17, 15) is 23.3 Å². The normalized spacial score (nSPS) is 15.5. The molecule has 0 spiro atoms. The Hall–Kier alpha value is -3.87. The molecule has 0 radical (unpaired) electrons. The van der Waals surface area contributed by atoms with Crippen molar-refractivity contribution in [3.8, 4) is 11.5 Å². The lowest BCUT2D eigenvalue weighted by atomic mass is 10.2. The third kappa shape index (κ3) is 6.33. The van der Waals surface area contributed by atoms with Crippen molar-refractivity contribution >= 4 is 62.0 Å². The smallest absolute Gasteiger partial charge is 0.339 e. The number of aliphatic imine (C=N–C) groups is 1. The van der Waals surface area contributed by atoms with Gasteiger partial charge in [-0.1, -0.05) is 35.4 Å². The van der Waals surface area contributed by atoms with Gasteiger partial charge in [0, 0.05) is 12.1 Å². The Morgan fingerprint density at radius 1 is 1.11 bits per heavy atom. The molecule has 38 heavy (non-hydrogen) atoms. The monoisotopic (exact) mass is 573 g/mol. The quantitative estimate of drug-likeness (QED) is 0.159. The predicted octanol–water partition coefficient (Wildman–Crippen LogP) is 5.61. The van der Waals surface area contributed by atoms with Crippen molar-refractivity contribution < 1.29 is 27.1 Å². The highest BCUT2D eigenvalue weighted by atomic mass is 35.5. The van der Waals surface area contributed by atoms with Crippen LogP contribution >= 0.6 is 23.4 Å². The Labute approximate surface area is 227 Å². The van der Waals surface area contributed by atoms with Crippen LogP contribution in [0, 0.1) is 17.0 Å². The fourth-order valence-electron chi connectivity index (χ4n) is 3.26. The Morgan fingerprint density at radius 2 is 1.84 bits per heavy atom. The predicted molar refractivity (Wildman–Crippen MR) is 146 cm³/mol. The minimum atomic E-state index is -4.09. The standard InChI is InChI=1S/C25H20ClN3O7S2/c1-3-35-22-12-16(6-11-21(22)36-38(33,34)18-8-4-15(2)5-9-18)13-23-24(30)28-25(37-23)27-20-10-7-17(29(31)32)14-19(20)26/h4-14H,3H2,1-2H3,(H,27,28,30)/b23-13+. The van der Waals surface area contributed by atoms with Gasteiger partial charge in [-0.15, -0.1) is 0 Å². The summed E-state index contributed by atoms with van der Waals surface area (Å²) in [5.74, 6) is -0.215. The van der Waals surface area contributed by atoms with Gasteiger partial charge in [0.05, 0.1) is 27.1 Å². The minimum absolute atomic E-state index is 0.00756. The molecular weight excluding hydrogens is 554 g/mol. The summed E-state index contributed by atoms with van der Waals surface area (Å²) in [7, 11) is -4.09. The number of carbonyl (C=O) groups excluding carboxylic acids is 1. The first-order valence-corrected chi connectivity index (χ1v) is 13.7. The molecule has 10 nitrogen and oxygen atoms in total. The van der Waals surface area contributed by atoms with Gasteiger partial charge in [0.15, 0.2) is 16.7 Å². The zero-order chi connectivity index (χ0) is 27.4. The first kappa shape index (κ1) is 27.2. The molecule has 1 fully saturated rings. The molecule has 13 heteroatoms. The number of nitrogens with zero attached hydrogens (tertiary/aromatic N) is 2. The number of halogens is 1. The Bertz CT molecular complexity index is 1590. The Kier molecular flexibility index (Phi) is 8.05. The molecule has 0 aliphatic carbocycles. The van der Waals surface area contributed by atoms with Gasteiger partial charge < -0.3 is 14.2 Å². The van der Waals surface area contributed by atoms with Crippen LogP contribution in [-0.4, -0.2) is 31.0 Å². The van der Waals surface area contributed by atoms with Crippen LogP contribution in [0.2, 0.25) is 5.02 Å². The second-order valence-electron chi connectivity index (χ2n) is 7.86. The fraction of sp³-hybridized carbons (Fsp3) is 0.120. The highest BCUT2D eigenvalue weighted by Crippen LogP contribution is 2.35. The molecule has 1 heterocycles. The minimum Gasteiger partial charge on any atom is -0.490 e. The third-order valence-electron chi connectivity index (χ3n) is 5.09. The van der Waals surface area contributed by atoms with E-state index in [-0.39, 0.29) is 44.6 Å². The number of rotatable bonds is 8. The number of hydrogen-bond acceptors (Lipinski definition) is 9. The number of amidine groups is 1. The average molecular weight is 574 g/mol. The van der Waals surface area contributed by atoms with Crippen molar-refractivity contribution in [3.05, 3.63) is 91.8 Å². The van der Waals surface area contributed by atoms with Crippen LogP contribution in [0.15, 0.2) is 75.5 Å². The molecule has 1 saturated heterocycles. The summed E-state index contributed by atoms with van der Waals surface area (Å²) in [6.45, 7) is 3.85. The number of non-ortho nitro benzene ring substituents is 1. The number of ether oxygens (including phenoxy) is 1. The molecule has 3 aromatic rings. The average Bonchev–Trinajstić information content (AvgIpc) is 3.20. The second kappa shape index (κ2) is 11.3. The highest BCUT2D eigenvalue weighted by molar-refractivity contribution is 8.18.